The first kappa shape index (κ1) is 15.7. The third-order valence-corrected chi connectivity index (χ3v) is 4.38. The van der Waals surface area contributed by atoms with E-state index in [9.17, 15) is 13.2 Å². The summed E-state index contributed by atoms with van der Waals surface area (Å²) in [6.07, 6.45) is 0.150. The molecule has 0 spiro atoms. The first-order valence-electron chi connectivity index (χ1n) is 6.01. The van der Waals surface area contributed by atoms with Crippen molar-refractivity contribution in [3.8, 4) is 0 Å². The van der Waals surface area contributed by atoms with Gasteiger partial charge in [0.2, 0.25) is 15.9 Å². The van der Waals surface area contributed by atoms with Gasteiger partial charge in [0.15, 0.2) is 0 Å². The largest absolute Gasteiger partial charge is 0.349 e. The van der Waals surface area contributed by atoms with E-state index in [4.69, 9.17) is 0 Å². The van der Waals surface area contributed by atoms with Crippen molar-refractivity contribution in [2.24, 2.45) is 0 Å². The maximum absolute atomic E-state index is 12.0. The van der Waals surface area contributed by atoms with Gasteiger partial charge in [-0.3, -0.25) is 4.79 Å². The van der Waals surface area contributed by atoms with E-state index >= 15 is 0 Å². The summed E-state index contributed by atoms with van der Waals surface area (Å²) in [5, 5.41) is 0. The van der Waals surface area contributed by atoms with Crippen LogP contribution in [-0.2, 0) is 14.8 Å². The second kappa shape index (κ2) is 6.16. The summed E-state index contributed by atoms with van der Waals surface area (Å²) in [5.74, 6) is -0.109. The fraction of sp³-hybridized carbons (Fsp3) is 0.462. The van der Waals surface area contributed by atoms with Crippen LogP contribution < -0.4 is 4.72 Å². The molecule has 0 aromatic heterocycles. The number of amides is 1. The van der Waals surface area contributed by atoms with Crippen LogP contribution in [0.4, 0.5) is 0 Å². The van der Waals surface area contributed by atoms with Crippen molar-refractivity contribution in [1.29, 1.82) is 0 Å². The van der Waals surface area contributed by atoms with Crippen LogP contribution >= 0.6 is 0 Å². The minimum atomic E-state index is -3.54. The monoisotopic (exact) mass is 284 g/mol. The summed E-state index contributed by atoms with van der Waals surface area (Å²) in [5.41, 5.74) is 1.97. The molecule has 0 aliphatic rings. The standard InChI is InChI=1S/C13H20N2O3S/c1-10-5-6-12(9-11(10)2)19(17,18)14-8-7-13(16)15(3)4/h5-6,9,14H,7-8H2,1-4H3. The van der Waals surface area contributed by atoms with Gasteiger partial charge in [-0.05, 0) is 37.1 Å². The molecule has 0 aliphatic heterocycles. The van der Waals surface area contributed by atoms with Crippen LogP contribution in [0, 0.1) is 13.8 Å². The maximum atomic E-state index is 12.0. The topological polar surface area (TPSA) is 66.5 Å². The SMILES string of the molecule is Cc1ccc(S(=O)(=O)NCCC(=O)N(C)C)cc1C. The van der Waals surface area contributed by atoms with Gasteiger partial charge in [0, 0.05) is 27.1 Å². The molecule has 0 bridgehead atoms. The highest BCUT2D eigenvalue weighted by atomic mass is 32.2. The molecule has 1 rings (SSSR count). The van der Waals surface area contributed by atoms with E-state index in [1.807, 2.05) is 13.8 Å². The Hall–Kier alpha value is -1.40. The zero-order chi connectivity index (χ0) is 14.6. The van der Waals surface area contributed by atoms with E-state index in [0.29, 0.717) is 0 Å². The molecule has 1 N–H and O–H groups in total. The van der Waals surface area contributed by atoms with E-state index in [1.54, 1.807) is 32.3 Å². The van der Waals surface area contributed by atoms with Crippen molar-refractivity contribution < 1.29 is 13.2 Å². The molecular weight excluding hydrogens is 264 g/mol. The summed E-state index contributed by atoms with van der Waals surface area (Å²) in [4.78, 5) is 13.0. The molecule has 19 heavy (non-hydrogen) atoms. The number of sulfonamides is 1. The molecule has 6 heteroatoms. The van der Waals surface area contributed by atoms with Crippen LogP contribution in [-0.4, -0.2) is 39.9 Å². The summed E-state index contributed by atoms with van der Waals surface area (Å²) in [6.45, 7) is 3.89. The van der Waals surface area contributed by atoms with Gasteiger partial charge in [-0.2, -0.15) is 0 Å². The summed E-state index contributed by atoms with van der Waals surface area (Å²) < 4.78 is 26.5. The van der Waals surface area contributed by atoms with Crippen LogP contribution in [0.15, 0.2) is 23.1 Å². The maximum Gasteiger partial charge on any atom is 0.240 e. The first-order chi connectivity index (χ1) is 8.74. The van der Waals surface area contributed by atoms with E-state index in [-0.39, 0.29) is 23.8 Å². The molecule has 1 amide bonds. The van der Waals surface area contributed by atoms with Gasteiger partial charge in [0.1, 0.15) is 0 Å². The Bertz CT molecular complexity index is 565. The van der Waals surface area contributed by atoms with Crippen LogP contribution in [0.1, 0.15) is 17.5 Å². The van der Waals surface area contributed by atoms with E-state index in [0.717, 1.165) is 11.1 Å². The number of rotatable bonds is 5. The van der Waals surface area contributed by atoms with Crippen molar-refractivity contribution in [2.75, 3.05) is 20.6 Å². The minimum absolute atomic E-state index is 0.103. The quantitative estimate of drug-likeness (QED) is 0.879. The Labute approximate surface area is 114 Å². The van der Waals surface area contributed by atoms with Gasteiger partial charge in [0.25, 0.3) is 0 Å². The lowest BCUT2D eigenvalue weighted by molar-refractivity contribution is -0.128. The van der Waals surface area contributed by atoms with Crippen LogP contribution in [0.5, 0.6) is 0 Å². The molecule has 0 atom stereocenters. The average Bonchev–Trinajstić information content (AvgIpc) is 2.32. The van der Waals surface area contributed by atoms with Crippen LogP contribution in [0.25, 0.3) is 0 Å². The Morgan fingerprint density at radius 1 is 1.21 bits per heavy atom. The highest BCUT2D eigenvalue weighted by Gasteiger charge is 2.15. The Kier molecular flexibility index (Phi) is 5.08. The molecule has 5 nitrogen and oxygen atoms in total. The smallest absolute Gasteiger partial charge is 0.240 e. The number of aryl methyl sites for hydroxylation is 2. The van der Waals surface area contributed by atoms with Crippen molar-refractivity contribution in [3.05, 3.63) is 29.3 Å². The molecule has 1 aromatic carbocycles. The summed E-state index contributed by atoms with van der Waals surface area (Å²) in [7, 11) is -0.264. The van der Waals surface area contributed by atoms with E-state index in [1.165, 1.54) is 4.90 Å². The molecule has 0 fully saturated rings. The molecule has 0 radical (unpaired) electrons. The second-order valence-electron chi connectivity index (χ2n) is 4.68. The van der Waals surface area contributed by atoms with E-state index in [2.05, 4.69) is 4.72 Å². The Morgan fingerprint density at radius 3 is 2.37 bits per heavy atom. The lowest BCUT2D eigenvalue weighted by Crippen LogP contribution is -2.30. The highest BCUT2D eigenvalue weighted by Crippen LogP contribution is 2.14. The number of carbonyl (C=O) groups is 1. The van der Waals surface area contributed by atoms with Crippen LogP contribution in [0.2, 0.25) is 0 Å². The van der Waals surface area contributed by atoms with Crippen LogP contribution in [0.3, 0.4) is 0 Å². The average molecular weight is 284 g/mol. The lowest BCUT2D eigenvalue weighted by Gasteiger charge is -2.11. The number of hydrogen-bond donors (Lipinski definition) is 1. The molecular formula is C13H20N2O3S. The highest BCUT2D eigenvalue weighted by molar-refractivity contribution is 7.89. The summed E-state index contributed by atoms with van der Waals surface area (Å²) >= 11 is 0. The molecule has 0 saturated heterocycles. The third-order valence-electron chi connectivity index (χ3n) is 2.92. The van der Waals surface area contributed by atoms with Gasteiger partial charge in [-0.15, -0.1) is 0 Å². The predicted octanol–water partition coefficient (Wildman–Crippen LogP) is 1.06. The van der Waals surface area contributed by atoms with Gasteiger partial charge in [0.05, 0.1) is 4.90 Å². The normalized spacial score (nSPS) is 11.4. The number of benzene rings is 1. The van der Waals surface area contributed by atoms with Gasteiger partial charge < -0.3 is 4.90 Å². The molecule has 0 unspecified atom stereocenters. The third kappa shape index (κ3) is 4.33. The minimum Gasteiger partial charge on any atom is -0.349 e. The molecule has 0 heterocycles. The van der Waals surface area contributed by atoms with E-state index < -0.39 is 10.0 Å². The van der Waals surface area contributed by atoms with Crippen molar-refractivity contribution >= 4 is 15.9 Å². The Balaban J connectivity index is 2.71. The van der Waals surface area contributed by atoms with Gasteiger partial charge in [-0.25, -0.2) is 13.1 Å². The molecule has 1 aromatic rings. The molecule has 0 aliphatic carbocycles. The zero-order valence-corrected chi connectivity index (χ0v) is 12.5. The molecule has 0 saturated carbocycles. The second-order valence-corrected chi connectivity index (χ2v) is 6.45. The lowest BCUT2D eigenvalue weighted by atomic mass is 10.1. The van der Waals surface area contributed by atoms with Crippen molar-refractivity contribution in [1.82, 2.24) is 9.62 Å². The van der Waals surface area contributed by atoms with Crippen molar-refractivity contribution in [3.63, 3.8) is 0 Å². The number of nitrogens with zero attached hydrogens (tertiary/aromatic N) is 1. The zero-order valence-electron chi connectivity index (χ0n) is 11.7. The number of nitrogens with one attached hydrogen (secondary N) is 1. The van der Waals surface area contributed by atoms with Crippen molar-refractivity contribution in [2.45, 2.75) is 25.2 Å². The molecule has 106 valence electrons. The Morgan fingerprint density at radius 2 is 1.84 bits per heavy atom. The number of hydrogen-bond acceptors (Lipinski definition) is 3. The number of carbonyl (C=O) groups excluding carboxylic acids is 1. The predicted molar refractivity (Wildman–Crippen MR) is 74.4 cm³/mol. The fourth-order valence-electron chi connectivity index (χ4n) is 1.48. The van der Waals surface area contributed by atoms with Gasteiger partial charge >= 0.3 is 0 Å². The summed E-state index contributed by atoms with van der Waals surface area (Å²) in [6, 6.07) is 4.97. The van der Waals surface area contributed by atoms with Gasteiger partial charge in [-0.1, -0.05) is 6.07 Å². The first-order valence-corrected chi connectivity index (χ1v) is 7.49. The fourth-order valence-corrected chi connectivity index (χ4v) is 2.60.